The summed E-state index contributed by atoms with van der Waals surface area (Å²) in [5.74, 6) is -1.42. The van der Waals surface area contributed by atoms with E-state index in [1.807, 2.05) is 25.2 Å². The van der Waals surface area contributed by atoms with Gasteiger partial charge in [0.1, 0.15) is 0 Å². The Hall–Kier alpha value is -2.69. The van der Waals surface area contributed by atoms with E-state index < -0.39 is 18.4 Å². The summed E-state index contributed by atoms with van der Waals surface area (Å²) in [6.45, 7) is 12.1. The Bertz CT molecular complexity index is 927. The van der Waals surface area contributed by atoms with Crippen molar-refractivity contribution in [1.82, 2.24) is 0 Å². The molecule has 0 aromatic heterocycles. The molecule has 0 aliphatic heterocycles. The van der Waals surface area contributed by atoms with Gasteiger partial charge in [0.05, 0.1) is 0 Å². The summed E-state index contributed by atoms with van der Waals surface area (Å²) in [6.07, 6.45) is 23.2. The van der Waals surface area contributed by atoms with Crippen LogP contribution in [0.4, 0.5) is 0 Å². The molecule has 38 heavy (non-hydrogen) atoms. The highest BCUT2D eigenvalue weighted by Crippen LogP contribution is 2.40. The average Bonchev–Trinajstić information content (AvgIpc) is 2.85. The topological polar surface area (TPSA) is 69.7 Å². The molecular weight excluding hydrogens is 476 g/mol. The zero-order valence-corrected chi connectivity index (χ0v) is 24.7. The Morgan fingerprint density at radius 1 is 0.895 bits per heavy atom. The first kappa shape index (κ1) is 33.3. The Labute approximate surface area is 231 Å². The molecule has 0 amide bonds. The predicted molar refractivity (Wildman–Crippen MR) is 156 cm³/mol. The lowest BCUT2D eigenvalue weighted by Gasteiger charge is -2.32. The van der Waals surface area contributed by atoms with Crippen molar-refractivity contribution in [3.05, 3.63) is 58.7 Å². The van der Waals surface area contributed by atoms with E-state index in [-0.39, 0.29) is 18.0 Å². The molecule has 1 aliphatic carbocycles. The highest BCUT2D eigenvalue weighted by atomic mass is 16.6. The number of carbonyl (C=O) groups is 3. The van der Waals surface area contributed by atoms with E-state index in [0.29, 0.717) is 12.0 Å². The van der Waals surface area contributed by atoms with Crippen molar-refractivity contribution in [2.75, 3.05) is 13.2 Å². The molecule has 0 heterocycles. The van der Waals surface area contributed by atoms with E-state index in [0.717, 1.165) is 24.8 Å². The number of Topliss-reactive ketones (excluding diaryl/α,β-unsaturated/α-hetero) is 1. The van der Waals surface area contributed by atoms with Crippen molar-refractivity contribution < 1.29 is 23.9 Å². The summed E-state index contributed by atoms with van der Waals surface area (Å²) in [5, 5.41) is 0. The molecule has 5 nitrogen and oxygen atoms in total. The van der Waals surface area contributed by atoms with Crippen molar-refractivity contribution in [3.8, 4) is 0 Å². The summed E-state index contributed by atoms with van der Waals surface area (Å²) in [4.78, 5) is 35.7. The van der Waals surface area contributed by atoms with Gasteiger partial charge in [0.15, 0.2) is 13.2 Å². The first-order chi connectivity index (χ1) is 18.0. The smallest absolute Gasteiger partial charge is 0.331 e. The predicted octanol–water partition coefficient (Wildman–Crippen LogP) is 8.31. The Morgan fingerprint density at radius 2 is 1.55 bits per heavy atom. The zero-order chi connectivity index (χ0) is 28.4. The molecule has 1 rings (SSSR count). The van der Waals surface area contributed by atoms with E-state index in [4.69, 9.17) is 9.47 Å². The number of hydrogen-bond acceptors (Lipinski definition) is 5. The summed E-state index contributed by atoms with van der Waals surface area (Å²) >= 11 is 0. The molecule has 0 aromatic rings. The second-order valence-corrected chi connectivity index (χ2v) is 11.1. The summed E-state index contributed by atoms with van der Waals surface area (Å²) in [7, 11) is 0. The van der Waals surface area contributed by atoms with E-state index in [2.05, 4.69) is 39.8 Å². The number of hydrogen-bond donors (Lipinski definition) is 0. The van der Waals surface area contributed by atoms with Gasteiger partial charge < -0.3 is 9.47 Å². The van der Waals surface area contributed by atoms with Crippen LogP contribution in [0.1, 0.15) is 112 Å². The molecular formula is C33H50O5. The van der Waals surface area contributed by atoms with Gasteiger partial charge in [0, 0.05) is 12.5 Å². The van der Waals surface area contributed by atoms with Crippen LogP contribution in [-0.4, -0.2) is 30.9 Å². The Morgan fingerprint density at radius 3 is 2.24 bits per heavy atom. The van der Waals surface area contributed by atoms with E-state index >= 15 is 0 Å². The van der Waals surface area contributed by atoms with Crippen molar-refractivity contribution >= 4 is 17.7 Å². The first-order valence-corrected chi connectivity index (χ1v) is 14.3. The summed E-state index contributed by atoms with van der Waals surface area (Å²) < 4.78 is 9.99. The van der Waals surface area contributed by atoms with E-state index in [9.17, 15) is 14.4 Å². The standard InChI is InChI=1S/C33H50O5/c1-7-8-9-10-11-12-13-19-31(35)37-24-29(34)25-38-32(36)23-27(3)17-14-16-26(2)20-21-30-28(4)18-15-22-33(30,5)6/h14,16-17,20-21,23H,7-13,15,18-19,22,24-25H2,1-6H3/b17-14+,21-20+,26-16-,27-23-. The van der Waals surface area contributed by atoms with Gasteiger partial charge in [0.25, 0.3) is 0 Å². The van der Waals surface area contributed by atoms with Crippen molar-refractivity contribution in [3.63, 3.8) is 0 Å². The highest BCUT2D eigenvalue weighted by Gasteiger charge is 2.26. The number of carbonyl (C=O) groups excluding carboxylic acids is 3. The van der Waals surface area contributed by atoms with Gasteiger partial charge in [-0.3, -0.25) is 9.59 Å². The second-order valence-electron chi connectivity index (χ2n) is 11.1. The molecule has 0 fully saturated rings. The molecule has 0 atom stereocenters. The molecule has 0 N–H and O–H groups in total. The Kier molecular flexibility index (Phi) is 16.3. The van der Waals surface area contributed by atoms with Crippen molar-refractivity contribution in [1.29, 1.82) is 0 Å². The first-order valence-electron chi connectivity index (χ1n) is 14.3. The number of allylic oxidation sites excluding steroid dienone is 9. The van der Waals surface area contributed by atoms with Crippen LogP contribution in [0.3, 0.4) is 0 Å². The van der Waals surface area contributed by atoms with Crippen LogP contribution in [0, 0.1) is 5.41 Å². The maximum atomic E-state index is 12.0. The third-order valence-corrected chi connectivity index (χ3v) is 6.87. The minimum absolute atomic E-state index is 0.213. The van der Waals surface area contributed by atoms with Crippen molar-refractivity contribution in [2.24, 2.45) is 5.41 Å². The fraction of sp³-hybridized carbons (Fsp3) is 0.606. The van der Waals surface area contributed by atoms with E-state index in [1.165, 1.54) is 62.2 Å². The molecule has 0 spiro atoms. The summed E-state index contributed by atoms with van der Waals surface area (Å²) in [6, 6.07) is 0. The fourth-order valence-electron chi connectivity index (χ4n) is 4.56. The van der Waals surface area contributed by atoms with Crippen LogP contribution in [0.5, 0.6) is 0 Å². The minimum atomic E-state index is -0.600. The van der Waals surface area contributed by atoms with Crippen LogP contribution in [0.2, 0.25) is 0 Å². The quantitative estimate of drug-likeness (QED) is 0.0825. The van der Waals surface area contributed by atoms with Gasteiger partial charge in [-0.1, -0.05) is 101 Å². The van der Waals surface area contributed by atoms with E-state index in [1.54, 1.807) is 6.92 Å². The maximum absolute atomic E-state index is 12.0. The molecule has 0 bridgehead atoms. The van der Waals surface area contributed by atoms with Gasteiger partial charge in [-0.15, -0.1) is 0 Å². The average molecular weight is 527 g/mol. The lowest BCUT2D eigenvalue weighted by molar-refractivity contribution is -0.151. The fourth-order valence-corrected chi connectivity index (χ4v) is 4.56. The zero-order valence-electron chi connectivity index (χ0n) is 24.7. The van der Waals surface area contributed by atoms with Gasteiger partial charge in [-0.05, 0) is 63.0 Å². The second kappa shape index (κ2) is 18.5. The minimum Gasteiger partial charge on any atom is -0.458 e. The van der Waals surface area contributed by atoms with Crippen LogP contribution < -0.4 is 0 Å². The molecule has 0 saturated carbocycles. The molecule has 0 unspecified atom stereocenters. The Balaban J connectivity index is 2.34. The monoisotopic (exact) mass is 526 g/mol. The molecule has 212 valence electrons. The van der Waals surface area contributed by atoms with Crippen LogP contribution in [-0.2, 0) is 23.9 Å². The molecule has 0 aromatic carbocycles. The van der Waals surface area contributed by atoms with Crippen LogP contribution >= 0.6 is 0 Å². The lowest BCUT2D eigenvalue weighted by Crippen LogP contribution is -2.20. The molecule has 5 heteroatoms. The third kappa shape index (κ3) is 14.9. The van der Waals surface area contributed by atoms with Crippen LogP contribution in [0.15, 0.2) is 58.7 Å². The van der Waals surface area contributed by atoms with Gasteiger partial charge in [-0.2, -0.15) is 0 Å². The normalized spacial score (nSPS) is 16.4. The molecule has 0 radical (unpaired) electrons. The summed E-state index contributed by atoms with van der Waals surface area (Å²) in [5.41, 5.74) is 4.94. The number of esters is 2. The number of unbranched alkanes of at least 4 members (excludes halogenated alkanes) is 6. The highest BCUT2D eigenvalue weighted by molar-refractivity contribution is 5.88. The SMILES string of the molecule is CCCCCCCCCC(=O)OCC(=O)COC(=O)\C=C(C)/C=C/C=C(C)\C=C\C1=C(C)CCCC1(C)C. The van der Waals surface area contributed by atoms with Gasteiger partial charge in [0.2, 0.25) is 5.78 Å². The lowest BCUT2D eigenvalue weighted by atomic mass is 9.72. The van der Waals surface area contributed by atoms with Crippen molar-refractivity contribution in [2.45, 2.75) is 112 Å². The molecule has 1 aliphatic rings. The maximum Gasteiger partial charge on any atom is 0.331 e. The third-order valence-electron chi connectivity index (χ3n) is 6.87. The van der Waals surface area contributed by atoms with Crippen LogP contribution in [0.25, 0.3) is 0 Å². The molecule has 0 saturated heterocycles. The largest absolute Gasteiger partial charge is 0.458 e. The van der Waals surface area contributed by atoms with Gasteiger partial charge >= 0.3 is 11.9 Å². The van der Waals surface area contributed by atoms with Gasteiger partial charge in [-0.25, -0.2) is 4.79 Å². The number of rotatable bonds is 17. The number of ketones is 1. The number of ether oxygens (including phenoxy) is 2.